The summed E-state index contributed by atoms with van der Waals surface area (Å²) >= 11 is 3.51. The molecule has 1 heterocycles. The lowest BCUT2D eigenvalue weighted by Gasteiger charge is -2.09. The number of hydrogen-bond donors (Lipinski definition) is 0. The molecule has 0 atom stereocenters. The van der Waals surface area contributed by atoms with Gasteiger partial charge in [-0.1, -0.05) is 137 Å². The molecule has 0 radical (unpaired) electrons. The number of halogens is 1. The first kappa shape index (κ1) is 23.0. The fourth-order valence-electron chi connectivity index (χ4n) is 4.25. The fourth-order valence-corrected chi connectivity index (χ4v) is 4.51. The van der Waals surface area contributed by atoms with Gasteiger partial charge in [0.05, 0.1) is 0 Å². The second-order valence-electron chi connectivity index (χ2n) is 8.70. The normalized spacial score (nSPS) is 10.8. The van der Waals surface area contributed by atoms with Crippen LogP contribution in [-0.2, 0) is 0 Å². The maximum absolute atomic E-state index is 4.84. The van der Waals surface area contributed by atoms with E-state index < -0.39 is 0 Å². The molecular formula is C33H22BrN3. The lowest BCUT2D eigenvalue weighted by atomic mass is 9.99. The SMILES string of the molecule is Brc1ccc(-c2nc(-c3ccccc3)nc(-c3ccc(-c4ccc(-c5ccccc5)cc4)cc3)n2)cc1. The first-order chi connectivity index (χ1) is 18.2. The molecule has 0 saturated heterocycles. The first-order valence-electron chi connectivity index (χ1n) is 12.1. The third kappa shape index (κ3) is 5.11. The van der Waals surface area contributed by atoms with Gasteiger partial charge >= 0.3 is 0 Å². The quantitative estimate of drug-likeness (QED) is 0.219. The van der Waals surface area contributed by atoms with Gasteiger partial charge in [0, 0.05) is 21.2 Å². The van der Waals surface area contributed by atoms with Gasteiger partial charge in [0.2, 0.25) is 0 Å². The van der Waals surface area contributed by atoms with Gasteiger partial charge in [0.25, 0.3) is 0 Å². The van der Waals surface area contributed by atoms with E-state index in [4.69, 9.17) is 15.0 Å². The molecule has 0 aliphatic heterocycles. The van der Waals surface area contributed by atoms with Crippen molar-refractivity contribution in [2.45, 2.75) is 0 Å². The number of hydrogen-bond acceptors (Lipinski definition) is 3. The van der Waals surface area contributed by atoms with E-state index in [0.717, 1.165) is 26.7 Å². The molecule has 0 spiro atoms. The van der Waals surface area contributed by atoms with Gasteiger partial charge < -0.3 is 0 Å². The molecule has 0 aliphatic carbocycles. The van der Waals surface area contributed by atoms with E-state index in [9.17, 15) is 0 Å². The maximum Gasteiger partial charge on any atom is 0.164 e. The van der Waals surface area contributed by atoms with E-state index in [1.54, 1.807) is 0 Å². The Labute approximate surface area is 224 Å². The molecule has 0 fully saturated rings. The predicted octanol–water partition coefficient (Wildman–Crippen LogP) is 8.97. The molecule has 37 heavy (non-hydrogen) atoms. The third-order valence-corrected chi connectivity index (χ3v) is 6.77. The molecular weight excluding hydrogens is 518 g/mol. The summed E-state index contributed by atoms with van der Waals surface area (Å²) in [7, 11) is 0. The van der Waals surface area contributed by atoms with E-state index in [2.05, 4.69) is 88.7 Å². The average molecular weight is 540 g/mol. The largest absolute Gasteiger partial charge is 0.208 e. The van der Waals surface area contributed by atoms with Crippen LogP contribution >= 0.6 is 15.9 Å². The van der Waals surface area contributed by atoms with Crippen molar-refractivity contribution in [2.24, 2.45) is 0 Å². The second-order valence-corrected chi connectivity index (χ2v) is 9.62. The molecule has 6 rings (SSSR count). The molecule has 5 aromatic carbocycles. The van der Waals surface area contributed by atoms with Gasteiger partial charge in [-0.15, -0.1) is 0 Å². The van der Waals surface area contributed by atoms with Crippen molar-refractivity contribution in [1.82, 2.24) is 15.0 Å². The molecule has 0 aliphatic rings. The van der Waals surface area contributed by atoms with Gasteiger partial charge in [0.1, 0.15) is 0 Å². The van der Waals surface area contributed by atoms with Crippen LogP contribution in [0.3, 0.4) is 0 Å². The minimum Gasteiger partial charge on any atom is -0.208 e. The second kappa shape index (κ2) is 10.3. The molecule has 176 valence electrons. The van der Waals surface area contributed by atoms with Gasteiger partial charge in [-0.25, -0.2) is 15.0 Å². The Morgan fingerprint density at radius 2 is 0.568 bits per heavy atom. The fraction of sp³-hybridized carbons (Fsp3) is 0. The Hall–Kier alpha value is -4.41. The van der Waals surface area contributed by atoms with Crippen LogP contribution in [0.25, 0.3) is 56.4 Å². The van der Waals surface area contributed by atoms with Gasteiger partial charge in [-0.3, -0.25) is 0 Å². The van der Waals surface area contributed by atoms with E-state index in [1.807, 2.05) is 60.7 Å². The van der Waals surface area contributed by atoms with Crippen molar-refractivity contribution in [1.29, 1.82) is 0 Å². The van der Waals surface area contributed by atoms with Gasteiger partial charge in [-0.2, -0.15) is 0 Å². The minimum atomic E-state index is 0.650. The minimum absolute atomic E-state index is 0.650. The predicted molar refractivity (Wildman–Crippen MR) is 155 cm³/mol. The summed E-state index contributed by atoms with van der Waals surface area (Å²) in [5.41, 5.74) is 7.59. The van der Waals surface area contributed by atoms with Gasteiger partial charge in [-0.05, 0) is 34.4 Å². The third-order valence-electron chi connectivity index (χ3n) is 6.24. The Morgan fingerprint density at radius 3 is 0.973 bits per heavy atom. The summed E-state index contributed by atoms with van der Waals surface area (Å²) in [6.45, 7) is 0. The molecule has 6 aromatic rings. The van der Waals surface area contributed by atoms with Crippen molar-refractivity contribution >= 4 is 15.9 Å². The molecule has 0 saturated carbocycles. The highest BCUT2D eigenvalue weighted by atomic mass is 79.9. The van der Waals surface area contributed by atoms with Crippen molar-refractivity contribution in [3.05, 3.63) is 138 Å². The Balaban J connectivity index is 1.35. The summed E-state index contributed by atoms with van der Waals surface area (Å²) in [5, 5.41) is 0. The summed E-state index contributed by atoms with van der Waals surface area (Å²) in [5.74, 6) is 1.96. The van der Waals surface area contributed by atoms with Crippen LogP contribution < -0.4 is 0 Å². The van der Waals surface area contributed by atoms with E-state index in [1.165, 1.54) is 16.7 Å². The van der Waals surface area contributed by atoms with Crippen molar-refractivity contribution in [3.63, 3.8) is 0 Å². The van der Waals surface area contributed by atoms with Crippen LogP contribution in [-0.4, -0.2) is 15.0 Å². The molecule has 0 N–H and O–H groups in total. The van der Waals surface area contributed by atoms with Crippen LogP contribution in [0.5, 0.6) is 0 Å². The van der Waals surface area contributed by atoms with Crippen LogP contribution in [0, 0.1) is 0 Å². The van der Waals surface area contributed by atoms with Crippen molar-refractivity contribution in [3.8, 4) is 56.4 Å². The number of aromatic nitrogens is 3. The lowest BCUT2D eigenvalue weighted by Crippen LogP contribution is -2.00. The van der Waals surface area contributed by atoms with Crippen LogP contribution in [0.1, 0.15) is 0 Å². The summed E-state index contributed by atoms with van der Waals surface area (Å²) in [6.07, 6.45) is 0. The summed E-state index contributed by atoms with van der Waals surface area (Å²) in [6, 6.07) is 45.5. The zero-order valence-electron chi connectivity index (χ0n) is 19.9. The smallest absolute Gasteiger partial charge is 0.164 e. The Kier molecular flexibility index (Phi) is 6.40. The maximum atomic E-state index is 4.84. The van der Waals surface area contributed by atoms with Crippen LogP contribution in [0.15, 0.2) is 138 Å². The number of nitrogens with zero attached hydrogens (tertiary/aromatic N) is 3. The van der Waals surface area contributed by atoms with Crippen LogP contribution in [0.2, 0.25) is 0 Å². The topological polar surface area (TPSA) is 38.7 Å². The van der Waals surface area contributed by atoms with E-state index in [-0.39, 0.29) is 0 Å². The van der Waals surface area contributed by atoms with E-state index in [0.29, 0.717) is 17.5 Å². The van der Waals surface area contributed by atoms with E-state index >= 15 is 0 Å². The standard InChI is InChI=1S/C33H22BrN3/c34-30-21-19-29(20-22-30)33-36-31(27-9-5-2-6-10-27)35-32(37-33)28-17-15-26(16-18-28)25-13-11-24(12-14-25)23-7-3-1-4-8-23/h1-22H. The lowest BCUT2D eigenvalue weighted by molar-refractivity contribution is 1.07. The highest BCUT2D eigenvalue weighted by molar-refractivity contribution is 9.10. The van der Waals surface area contributed by atoms with Crippen molar-refractivity contribution in [2.75, 3.05) is 0 Å². The number of benzene rings is 5. The Morgan fingerprint density at radius 1 is 0.297 bits per heavy atom. The molecule has 0 amide bonds. The highest BCUT2D eigenvalue weighted by Crippen LogP contribution is 2.29. The Bertz CT molecular complexity index is 1630. The number of rotatable bonds is 5. The monoisotopic (exact) mass is 539 g/mol. The van der Waals surface area contributed by atoms with Gasteiger partial charge in [0.15, 0.2) is 17.5 Å². The average Bonchev–Trinajstić information content (AvgIpc) is 2.98. The first-order valence-corrected chi connectivity index (χ1v) is 12.9. The van der Waals surface area contributed by atoms with Crippen LogP contribution in [0.4, 0.5) is 0 Å². The molecule has 4 heteroatoms. The zero-order chi connectivity index (χ0) is 25.0. The zero-order valence-corrected chi connectivity index (χ0v) is 21.5. The highest BCUT2D eigenvalue weighted by Gasteiger charge is 2.12. The summed E-state index contributed by atoms with van der Waals surface area (Å²) < 4.78 is 1.02. The molecule has 0 bridgehead atoms. The molecule has 1 aromatic heterocycles. The molecule has 3 nitrogen and oxygen atoms in total. The van der Waals surface area contributed by atoms with Crippen molar-refractivity contribution < 1.29 is 0 Å². The molecule has 0 unspecified atom stereocenters. The summed E-state index contributed by atoms with van der Waals surface area (Å²) in [4.78, 5) is 14.5.